The zero-order valence-corrected chi connectivity index (χ0v) is 11.6. The lowest BCUT2D eigenvalue weighted by Gasteiger charge is -2.31. The van der Waals surface area contributed by atoms with Crippen molar-refractivity contribution in [2.24, 2.45) is 0 Å². The molecule has 21 heavy (non-hydrogen) atoms. The number of carboxylic acid groups (broad SMARTS) is 1. The molecule has 1 saturated heterocycles. The molecule has 112 valence electrons. The molecule has 0 saturated carbocycles. The van der Waals surface area contributed by atoms with E-state index >= 15 is 0 Å². The lowest BCUT2D eigenvalue weighted by molar-refractivity contribution is -0.145. The highest BCUT2D eigenvalue weighted by atomic mass is 19.1. The van der Waals surface area contributed by atoms with Gasteiger partial charge in [0, 0.05) is 25.2 Å². The fraction of sp³-hybridized carbons (Fsp3) is 0.467. The summed E-state index contributed by atoms with van der Waals surface area (Å²) in [6.45, 7) is 1.62. The quantitative estimate of drug-likeness (QED) is 0.895. The minimum atomic E-state index is -0.965. The second-order valence-corrected chi connectivity index (χ2v) is 5.07. The van der Waals surface area contributed by atoms with Crippen molar-refractivity contribution in [1.82, 2.24) is 4.90 Å². The van der Waals surface area contributed by atoms with Crippen LogP contribution in [0.5, 0.6) is 0 Å². The van der Waals surface area contributed by atoms with Crippen LogP contribution in [0.15, 0.2) is 18.2 Å². The monoisotopic (exact) mass is 292 g/mol. The van der Waals surface area contributed by atoms with Crippen LogP contribution in [0.3, 0.4) is 0 Å². The third-order valence-corrected chi connectivity index (χ3v) is 3.57. The molecule has 5 nitrogen and oxygen atoms in total. The highest BCUT2D eigenvalue weighted by molar-refractivity contribution is 5.68. The first kappa shape index (κ1) is 15.4. The van der Waals surface area contributed by atoms with Gasteiger partial charge < -0.3 is 9.84 Å². The molecule has 6 heteroatoms. The molecule has 0 unspecified atom stereocenters. The number of aliphatic carboxylic acids is 1. The average Bonchev–Trinajstić information content (AvgIpc) is 2.48. The molecule has 1 heterocycles. The number of ether oxygens (including phenoxy) is 1. The second-order valence-electron chi connectivity index (χ2n) is 5.07. The van der Waals surface area contributed by atoms with E-state index in [0.29, 0.717) is 12.1 Å². The van der Waals surface area contributed by atoms with Crippen molar-refractivity contribution in [3.8, 4) is 6.07 Å². The number of carbonyl (C=O) groups is 1. The van der Waals surface area contributed by atoms with Crippen LogP contribution >= 0.6 is 0 Å². The van der Waals surface area contributed by atoms with Crippen LogP contribution in [0.1, 0.15) is 24.0 Å². The number of rotatable bonds is 5. The Morgan fingerprint density at radius 2 is 2.19 bits per heavy atom. The molecule has 0 aliphatic carbocycles. The molecular weight excluding hydrogens is 275 g/mol. The molecule has 0 radical (unpaired) electrons. The van der Waals surface area contributed by atoms with Crippen LogP contribution in [0, 0.1) is 17.1 Å². The second kappa shape index (κ2) is 7.16. The molecule has 1 aliphatic heterocycles. The highest BCUT2D eigenvalue weighted by Crippen LogP contribution is 2.19. The van der Waals surface area contributed by atoms with Gasteiger partial charge in [0.2, 0.25) is 0 Å². The SMILES string of the molecule is N#Cc1cccc(CN2CCC(OCC(=O)O)CC2)c1F. The van der Waals surface area contributed by atoms with Gasteiger partial charge in [-0.15, -0.1) is 0 Å². The van der Waals surface area contributed by atoms with E-state index in [2.05, 4.69) is 4.90 Å². The Bertz CT molecular complexity index is 548. The number of piperidine rings is 1. The molecule has 0 atom stereocenters. The minimum absolute atomic E-state index is 0.0485. The first-order valence-electron chi connectivity index (χ1n) is 6.83. The van der Waals surface area contributed by atoms with Crippen LogP contribution in [0.25, 0.3) is 0 Å². The van der Waals surface area contributed by atoms with E-state index < -0.39 is 11.8 Å². The van der Waals surface area contributed by atoms with E-state index in [4.69, 9.17) is 15.1 Å². The summed E-state index contributed by atoms with van der Waals surface area (Å²) < 4.78 is 19.2. The number of hydrogen-bond donors (Lipinski definition) is 1. The Balaban J connectivity index is 1.87. The molecule has 0 aromatic heterocycles. The molecule has 1 aliphatic rings. The molecule has 0 bridgehead atoms. The van der Waals surface area contributed by atoms with E-state index in [9.17, 15) is 9.18 Å². The van der Waals surface area contributed by atoms with Crippen molar-refractivity contribution in [3.63, 3.8) is 0 Å². The fourth-order valence-corrected chi connectivity index (χ4v) is 2.45. The maximum Gasteiger partial charge on any atom is 0.329 e. The highest BCUT2D eigenvalue weighted by Gasteiger charge is 2.21. The first-order chi connectivity index (χ1) is 10.1. The topological polar surface area (TPSA) is 73.6 Å². The average molecular weight is 292 g/mol. The molecule has 2 rings (SSSR count). The molecule has 0 spiro atoms. The Hall–Kier alpha value is -1.97. The molecule has 1 fully saturated rings. The van der Waals surface area contributed by atoms with Crippen molar-refractivity contribution in [1.29, 1.82) is 5.26 Å². The number of likely N-dealkylation sites (tertiary alicyclic amines) is 1. The number of benzene rings is 1. The van der Waals surface area contributed by atoms with Gasteiger partial charge in [0.15, 0.2) is 0 Å². The largest absolute Gasteiger partial charge is 0.480 e. The van der Waals surface area contributed by atoms with Gasteiger partial charge in [-0.1, -0.05) is 12.1 Å². The van der Waals surface area contributed by atoms with Gasteiger partial charge in [-0.2, -0.15) is 5.26 Å². The van der Waals surface area contributed by atoms with E-state index in [-0.39, 0.29) is 18.3 Å². The molecule has 1 aromatic rings. The van der Waals surface area contributed by atoms with Crippen LogP contribution in [0.4, 0.5) is 4.39 Å². The van der Waals surface area contributed by atoms with Crippen LogP contribution < -0.4 is 0 Å². The van der Waals surface area contributed by atoms with Gasteiger partial charge in [0.1, 0.15) is 18.5 Å². The van der Waals surface area contributed by atoms with Crippen LogP contribution in [0.2, 0.25) is 0 Å². The van der Waals surface area contributed by atoms with Gasteiger partial charge in [-0.25, -0.2) is 9.18 Å². The Kier molecular flexibility index (Phi) is 5.26. The maximum atomic E-state index is 14.0. The number of nitriles is 1. The smallest absolute Gasteiger partial charge is 0.329 e. The Labute approximate surface area is 122 Å². The number of carboxylic acids is 1. The van der Waals surface area contributed by atoms with Gasteiger partial charge in [-0.3, -0.25) is 4.90 Å². The number of hydrogen-bond acceptors (Lipinski definition) is 4. The number of halogens is 1. The van der Waals surface area contributed by atoms with E-state index in [1.165, 1.54) is 6.07 Å². The van der Waals surface area contributed by atoms with Crippen molar-refractivity contribution < 1.29 is 19.0 Å². The third-order valence-electron chi connectivity index (χ3n) is 3.57. The van der Waals surface area contributed by atoms with E-state index in [1.54, 1.807) is 12.1 Å². The summed E-state index contributed by atoms with van der Waals surface area (Å²) in [5.74, 6) is -1.42. The molecule has 1 aromatic carbocycles. The van der Waals surface area contributed by atoms with E-state index in [0.717, 1.165) is 25.9 Å². The summed E-state index contributed by atoms with van der Waals surface area (Å²) in [5.41, 5.74) is 0.575. The predicted molar refractivity (Wildman–Crippen MR) is 73.0 cm³/mol. The van der Waals surface area contributed by atoms with Gasteiger partial charge >= 0.3 is 5.97 Å². The summed E-state index contributed by atoms with van der Waals surface area (Å²) in [6.07, 6.45) is 1.41. The first-order valence-corrected chi connectivity index (χ1v) is 6.83. The fourth-order valence-electron chi connectivity index (χ4n) is 2.45. The van der Waals surface area contributed by atoms with Gasteiger partial charge in [0.25, 0.3) is 0 Å². The molecular formula is C15H17FN2O3. The summed E-state index contributed by atoms with van der Waals surface area (Å²) in [5, 5.41) is 17.4. The zero-order chi connectivity index (χ0) is 15.2. The molecule has 1 N–H and O–H groups in total. The predicted octanol–water partition coefficient (Wildman–Crippen LogP) is 1.76. The molecule has 0 amide bonds. The Morgan fingerprint density at radius 3 is 2.81 bits per heavy atom. The van der Waals surface area contributed by atoms with Crippen molar-refractivity contribution in [2.45, 2.75) is 25.5 Å². The van der Waals surface area contributed by atoms with Crippen LogP contribution in [-0.2, 0) is 16.1 Å². The van der Waals surface area contributed by atoms with Crippen molar-refractivity contribution in [3.05, 3.63) is 35.1 Å². The van der Waals surface area contributed by atoms with Crippen molar-refractivity contribution in [2.75, 3.05) is 19.7 Å². The minimum Gasteiger partial charge on any atom is -0.480 e. The summed E-state index contributed by atoms with van der Waals surface area (Å²) in [4.78, 5) is 12.5. The third kappa shape index (κ3) is 4.25. The zero-order valence-electron chi connectivity index (χ0n) is 11.6. The van der Waals surface area contributed by atoms with E-state index in [1.807, 2.05) is 6.07 Å². The van der Waals surface area contributed by atoms with Gasteiger partial charge in [-0.05, 0) is 18.9 Å². The lowest BCUT2D eigenvalue weighted by Crippen LogP contribution is -2.37. The van der Waals surface area contributed by atoms with Gasteiger partial charge in [0.05, 0.1) is 11.7 Å². The standard InChI is InChI=1S/C15H17FN2O3/c16-15-11(8-17)2-1-3-12(15)9-18-6-4-13(5-7-18)21-10-14(19)20/h1-3,13H,4-7,9-10H2,(H,19,20). The maximum absolute atomic E-state index is 14.0. The summed E-state index contributed by atoms with van der Waals surface area (Å²) in [6, 6.07) is 6.67. The number of nitrogens with zero attached hydrogens (tertiary/aromatic N) is 2. The van der Waals surface area contributed by atoms with Crippen LogP contribution in [-0.4, -0.2) is 41.8 Å². The Morgan fingerprint density at radius 1 is 1.48 bits per heavy atom. The lowest BCUT2D eigenvalue weighted by atomic mass is 10.1. The normalized spacial score (nSPS) is 16.6. The summed E-state index contributed by atoms with van der Waals surface area (Å²) in [7, 11) is 0. The summed E-state index contributed by atoms with van der Waals surface area (Å²) >= 11 is 0. The van der Waals surface area contributed by atoms with Crippen molar-refractivity contribution >= 4 is 5.97 Å².